The van der Waals surface area contributed by atoms with Gasteiger partial charge in [-0.1, -0.05) is 6.07 Å². The Morgan fingerprint density at radius 1 is 1.05 bits per heavy atom. The second-order valence-electron chi connectivity index (χ2n) is 8.09. The van der Waals surface area contributed by atoms with Gasteiger partial charge in [0.2, 0.25) is 5.95 Å². The molecule has 0 aliphatic rings. The largest absolute Gasteiger partial charge is 0.359 e. The van der Waals surface area contributed by atoms with Gasteiger partial charge in [-0.3, -0.25) is 14.2 Å². The number of aryl methyl sites for hydroxylation is 1. The van der Waals surface area contributed by atoms with Crippen LogP contribution in [0.3, 0.4) is 0 Å². The fraction of sp³-hybridized carbons (Fsp3) is 0.0800. The number of rotatable bonds is 5. The second kappa shape index (κ2) is 9.20. The van der Waals surface area contributed by atoms with Gasteiger partial charge in [0.05, 0.1) is 35.1 Å². The highest BCUT2D eigenvalue weighted by Gasteiger charge is 2.17. The first-order valence-electron chi connectivity index (χ1n) is 10.8. The van der Waals surface area contributed by atoms with E-state index in [0.717, 1.165) is 21.5 Å². The summed E-state index contributed by atoms with van der Waals surface area (Å²) in [4.78, 5) is 34.6. The Labute approximate surface area is 207 Å². The lowest BCUT2D eigenvalue weighted by Crippen LogP contribution is -2.41. The van der Waals surface area contributed by atoms with E-state index in [1.807, 2.05) is 12.3 Å². The summed E-state index contributed by atoms with van der Waals surface area (Å²) in [5.74, 6) is -0.758. The summed E-state index contributed by atoms with van der Waals surface area (Å²) in [7, 11) is 1.79. The van der Waals surface area contributed by atoms with Crippen molar-refractivity contribution in [3.8, 4) is 17.8 Å². The Morgan fingerprint density at radius 2 is 1.89 bits per heavy atom. The number of halogens is 1. The molecule has 1 N–H and O–H groups in total. The quantitative estimate of drug-likeness (QED) is 0.392. The first kappa shape index (κ1) is 23.1. The molecule has 11 nitrogen and oxygen atoms in total. The fourth-order valence-electron chi connectivity index (χ4n) is 3.86. The van der Waals surface area contributed by atoms with E-state index >= 15 is 0 Å². The lowest BCUT2D eigenvalue weighted by atomic mass is 10.1. The van der Waals surface area contributed by atoms with Crippen molar-refractivity contribution in [1.29, 1.82) is 10.5 Å². The van der Waals surface area contributed by atoms with Crippen LogP contribution in [-0.2, 0) is 13.6 Å². The standard InChI is InChI=1S/C25H16FN9O2/c1-33-14-18-8-19(3-5-22(18)32-33)30-23-31-24(36)35(20-7-16(9-27)11-29-12-20)25(37)34(23)13-15-2-4-21(26)17(6-15)10-28/h2-8,11-12,14H,13H2,1H3,(H,30,31,36). The van der Waals surface area contributed by atoms with Crippen LogP contribution in [0.15, 0.2) is 70.6 Å². The molecule has 0 aliphatic carbocycles. The van der Waals surface area contributed by atoms with Gasteiger partial charge in [-0.05, 0) is 42.0 Å². The molecule has 12 heteroatoms. The summed E-state index contributed by atoms with van der Waals surface area (Å²) < 4.78 is 17.5. The van der Waals surface area contributed by atoms with Crippen molar-refractivity contribution in [1.82, 2.24) is 28.9 Å². The van der Waals surface area contributed by atoms with Crippen LogP contribution < -0.4 is 16.7 Å². The first-order chi connectivity index (χ1) is 17.9. The van der Waals surface area contributed by atoms with Crippen molar-refractivity contribution in [3.05, 3.63) is 105 Å². The predicted molar refractivity (Wildman–Crippen MR) is 131 cm³/mol. The molecule has 0 bridgehead atoms. The van der Waals surface area contributed by atoms with Crippen LogP contribution in [0, 0.1) is 28.5 Å². The molecule has 37 heavy (non-hydrogen) atoms. The molecular weight excluding hydrogens is 477 g/mol. The van der Waals surface area contributed by atoms with Crippen LogP contribution >= 0.6 is 0 Å². The van der Waals surface area contributed by atoms with Gasteiger partial charge < -0.3 is 5.32 Å². The average Bonchev–Trinajstić information content (AvgIpc) is 3.26. The van der Waals surface area contributed by atoms with Gasteiger partial charge in [0.1, 0.15) is 18.0 Å². The third kappa shape index (κ3) is 4.42. The first-order valence-corrected chi connectivity index (χ1v) is 10.8. The zero-order valence-corrected chi connectivity index (χ0v) is 19.3. The van der Waals surface area contributed by atoms with Crippen LogP contribution in [0.5, 0.6) is 0 Å². The minimum absolute atomic E-state index is 0.0652. The van der Waals surface area contributed by atoms with Crippen molar-refractivity contribution in [3.63, 3.8) is 0 Å². The summed E-state index contributed by atoms with van der Waals surface area (Å²) in [5, 5.41) is 26.6. The highest BCUT2D eigenvalue weighted by Crippen LogP contribution is 2.21. The summed E-state index contributed by atoms with van der Waals surface area (Å²) in [6, 6.07) is 14.2. The Kier molecular flexibility index (Phi) is 5.75. The number of hydrogen-bond acceptors (Lipinski definition) is 8. The summed E-state index contributed by atoms with van der Waals surface area (Å²) in [6.07, 6.45) is 4.38. The third-order valence-corrected chi connectivity index (χ3v) is 5.55. The molecule has 2 aromatic carbocycles. The van der Waals surface area contributed by atoms with Crippen molar-refractivity contribution in [2.45, 2.75) is 6.54 Å². The van der Waals surface area contributed by atoms with Gasteiger partial charge in [0.25, 0.3) is 0 Å². The van der Waals surface area contributed by atoms with Crippen LogP contribution in [0.25, 0.3) is 16.6 Å². The molecule has 3 heterocycles. The highest BCUT2D eigenvalue weighted by atomic mass is 19.1. The van der Waals surface area contributed by atoms with Crippen molar-refractivity contribution in [2.24, 2.45) is 7.05 Å². The number of nitriles is 2. The normalized spacial score (nSPS) is 10.7. The maximum Gasteiger partial charge on any atom is 0.359 e. The monoisotopic (exact) mass is 493 g/mol. The fourth-order valence-corrected chi connectivity index (χ4v) is 3.86. The Hall–Kier alpha value is -5.62. The van der Waals surface area contributed by atoms with E-state index in [1.165, 1.54) is 35.2 Å². The molecule has 180 valence electrons. The topological polar surface area (TPSA) is 147 Å². The maximum atomic E-state index is 13.9. The van der Waals surface area contributed by atoms with E-state index in [0.29, 0.717) is 11.3 Å². The minimum Gasteiger partial charge on any atom is -0.325 e. The number of pyridine rings is 1. The van der Waals surface area contributed by atoms with E-state index in [-0.39, 0.29) is 29.3 Å². The zero-order valence-electron chi connectivity index (χ0n) is 19.3. The number of fused-ring (bicyclic) bond motifs is 1. The SMILES string of the molecule is Cn1cc2cc(Nc3nc(=O)n(-c4cncc(C#N)c4)c(=O)n3Cc3ccc(F)c(C#N)c3)ccc2n1. The molecule has 0 atom stereocenters. The van der Waals surface area contributed by atoms with Crippen molar-refractivity contribution < 1.29 is 4.39 Å². The van der Waals surface area contributed by atoms with Gasteiger partial charge in [0.15, 0.2) is 0 Å². The molecule has 3 aromatic heterocycles. The third-order valence-electron chi connectivity index (χ3n) is 5.55. The minimum atomic E-state index is -0.889. The van der Waals surface area contributed by atoms with E-state index < -0.39 is 17.2 Å². The lowest BCUT2D eigenvalue weighted by molar-refractivity contribution is 0.620. The molecule has 0 spiro atoms. The van der Waals surface area contributed by atoms with Gasteiger partial charge in [-0.25, -0.2) is 18.5 Å². The lowest BCUT2D eigenvalue weighted by Gasteiger charge is -2.16. The average molecular weight is 493 g/mol. The van der Waals surface area contributed by atoms with Gasteiger partial charge >= 0.3 is 11.4 Å². The zero-order chi connectivity index (χ0) is 26.1. The number of aromatic nitrogens is 6. The second-order valence-corrected chi connectivity index (χ2v) is 8.09. The van der Waals surface area contributed by atoms with Crippen LogP contribution in [-0.4, -0.2) is 28.9 Å². The number of anilines is 2. The van der Waals surface area contributed by atoms with E-state index in [2.05, 4.69) is 20.4 Å². The Bertz CT molecular complexity index is 1890. The van der Waals surface area contributed by atoms with Crippen LogP contribution in [0.4, 0.5) is 16.0 Å². The molecule has 0 aliphatic heterocycles. The molecule has 0 amide bonds. The smallest absolute Gasteiger partial charge is 0.325 e. The summed E-state index contributed by atoms with van der Waals surface area (Å²) in [5.41, 5.74) is 0.105. The highest BCUT2D eigenvalue weighted by molar-refractivity contribution is 5.82. The van der Waals surface area contributed by atoms with E-state index in [9.17, 15) is 24.5 Å². The predicted octanol–water partition coefficient (Wildman–Crippen LogP) is 2.35. The summed E-state index contributed by atoms with van der Waals surface area (Å²) >= 11 is 0. The Balaban J connectivity index is 1.67. The molecule has 0 unspecified atom stereocenters. The number of hydrogen-bond donors (Lipinski definition) is 1. The van der Waals surface area contributed by atoms with Crippen LogP contribution in [0.1, 0.15) is 16.7 Å². The number of nitrogens with zero attached hydrogens (tertiary/aromatic N) is 8. The molecule has 0 saturated heterocycles. The van der Waals surface area contributed by atoms with Crippen molar-refractivity contribution >= 4 is 22.5 Å². The van der Waals surface area contributed by atoms with E-state index in [1.54, 1.807) is 36.0 Å². The van der Waals surface area contributed by atoms with Crippen molar-refractivity contribution in [2.75, 3.05) is 5.32 Å². The number of nitrogens with one attached hydrogen (secondary N) is 1. The maximum absolute atomic E-state index is 13.9. The van der Waals surface area contributed by atoms with E-state index in [4.69, 9.17) is 0 Å². The molecular formula is C25H16FN9O2. The van der Waals surface area contributed by atoms with Gasteiger partial charge in [-0.15, -0.1) is 0 Å². The van der Waals surface area contributed by atoms with Crippen LogP contribution in [0.2, 0.25) is 0 Å². The molecule has 0 radical (unpaired) electrons. The molecule has 5 rings (SSSR count). The van der Waals surface area contributed by atoms with Gasteiger partial charge in [0, 0.05) is 30.5 Å². The molecule has 0 fully saturated rings. The molecule has 5 aromatic rings. The summed E-state index contributed by atoms with van der Waals surface area (Å²) in [6.45, 7) is -0.135. The Morgan fingerprint density at radius 3 is 2.68 bits per heavy atom. The number of benzene rings is 2. The molecule has 0 saturated carbocycles. The van der Waals surface area contributed by atoms with Gasteiger partial charge in [-0.2, -0.15) is 20.6 Å².